The molecule has 3 rings (SSSR count). The van der Waals surface area contributed by atoms with Crippen molar-refractivity contribution in [3.63, 3.8) is 0 Å². The molecule has 18 heavy (non-hydrogen) atoms. The second kappa shape index (κ2) is 4.00. The van der Waals surface area contributed by atoms with Gasteiger partial charge in [0, 0.05) is 16.6 Å². The van der Waals surface area contributed by atoms with E-state index in [0.717, 1.165) is 10.9 Å². The number of aromatic nitrogens is 2. The van der Waals surface area contributed by atoms with Crippen LogP contribution in [0.2, 0.25) is 0 Å². The van der Waals surface area contributed by atoms with Crippen molar-refractivity contribution in [3.8, 4) is 0 Å². The Morgan fingerprint density at radius 1 is 1.11 bits per heavy atom. The molecule has 0 aliphatic rings. The molecule has 0 aliphatic heterocycles. The van der Waals surface area contributed by atoms with Gasteiger partial charge in [0.1, 0.15) is 0 Å². The van der Waals surface area contributed by atoms with Crippen molar-refractivity contribution in [3.05, 3.63) is 60.3 Å². The van der Waals surface area contributed by atoms with E-state index in [1.807, 2.05) is 24.3 Å². The van der Waals surface area contributed by atoms with Gasteiger partial charge in [0.25, 0.3) is 5.91 Å². The zero-order valence-corrected chi connectivity index (χ0v) is 9.58. The lowest BCUT2D eigenvalue weighted by Crippen LogP contribution is -2.13. The van der Waals surface area contributed by atoms with Gasteiger partial charge in [-0.25, -0.2) is 0 Å². The summed E-state index contributed by atoms with van der Waals surface area (Å²) in [7, 11) is 0. The van der Waals surface area contributed by atoms with E-state index in [1.54, 1.807) is 30.5 Å². The Labute approximate surface area is 104 Å². The smallest absolute Gasteiger partial charge is 0.278 e. The van der Waals surface area contributed by atoms with E-state index in [2.05, 4.69) is 5.10 Å². The molecular weight excluding hydrogens is 226 g/mol. The van der Waals surface area contributed by atoms with Crippen LogP contribution >= 0.6 is 0 Å². The van der Waals surface area contributed by atoms with Crippen LogP contribution in [-0.2, 0) is 0 Å². The number of nitrogens with two attached hydrogens (primary N) is 1. The van der Waals surface area contributed by atoms with Crippen LogP contribution < -0.4 is 5.73 Å². The second-order valence-corrected chi connectivity index (χ2v) is 4.05. The van der Waals surface area contributed by atoms with Gasteiger partial charge in [-0.2, -0.15) is 9.78 Å². The Morgan fingerprint density at radius 2 is 1.89 bits per heavy atom. The van der Waals surface area contributed by atoms with Crippen molar-refractivity contribution in [2.45, 2.75) is 0 Å². The van der Waals surface area contributed by atoms with E-state index in [9.17, 15) is 4.79 Å². The average molecular weight is 237 g/mol. The number of benzene rings is 2. The topological polar surface area (TPSA) is 60.9 Å². The molecular formula is C14H11N3O. The van der Waals surface area contributed by atoms with Crippen LogP contribution in [0.3, 0.4) is 0 Å². The average Bonchev–Trinajstić information content (AvgIpc) is 2.82. The third-order valence-corrected chi connectivity index (χ3v) is 2.81. The highest BCUT2D eigenvalue weighted by atomic mass is 16.2. The quantitative estimate of drug-likeness (QED) is 0.660. The summed E-state index contributed by atoms with van der Waals surface area (Å²) in [6.07, 6.45) is 1.66. The summed E-state index contributed by atoms with van der Waals surface area (Å²) in [6.45, 7) is 0. The predicted molar refractivity (Wildman–Crippen MR) is 70.3 cm³/mol. The van der Waals surface area contributed by atoms with Gasteiger partial charge in [-0.05, 0) is 30.3 Å². The maximum Gasteiger partial charge on any atom is 0.278 e. The maximum absolute atomic E-state index is 12.3. The van der Waals surface area contributed by atoms with Crippen molar-refractivity contribution in [1.29, 1.82) is 0 Å². The zero-order valence-electron chi connectivity index (χ0n) is 9.58. The molecule has 4 nitrogen and oxygen atoms in total. The molecule has 3 aromatic rings. The van der Waals surface area contributed by atoms with Gasteiger partial charge < -0.3 is 5.73 Å². The fraction of sp³-hybridized carbons (Fsp3) is 0. The van der Waals surface area contributed by atoms with Crippen LogP contribution in [0.5, 0.6) is 0 Å². The first-order valence-electron chi connectivity index (χ1n) is 5.59. The minimum absolute atomic E-state index is 0.156. The van der Waals surface area contributed by atoms with E-state index in [-0.39, 0.29) is 5.91 Å². The third kappa shape index (κ3) is 1.64. The molecule has 0 fully saturated rings. The van der Waals surface area contributed by atoms with Crippen molar-refractivity contribution in [2.24, 2.45) is 0 Å². The number of nitrogen functional groups attached to an aromatic ring is 1. The molecule has 1 aromatic heterocycles. The number of hydrogen-bond acceptors (Lipinski definition) is 3. The van der Waals surface area contributed by atoms with Crippen LogP contribution in [0.15, 0.2) is 54.7 Å². The van der Waals surface area contributed by atoms with Gasteiger partial charge in [-0.3, -0.25) is 4.79 Å². The number of hydrogen-bond donors (Lipinski definition) is 1. The zero-order chi connectivity index (χ0) is 12.5. The monoisotopic (exact) mass is 237 g/mol. The van der Waals surface area contributed by atoms with Crippen molar-refractivity contribution in [1.82, 2.24) is 9.78 Å². The second-order valence-electron chi connectivity index (χ2n) is 4.05. The summed E-state index contributed by atoms with van der Waals surface area (Å²) in [4.78, 5) is 12.3. The first-order valence-corrected chi connectivity index (χ1v) is 5.59. The van der Waals surface area contributed by atoms with Gasteiger partial charge >= 0.3 is 0 Å². The molecule has 0 saturated heterocycles. The summed E-state index contributed by atoms with van der Waals surface area (Å²) in [5.74, 6) is -0.156. The largest absolute Gasteiger partial charge is 0.399 e. The molecule has 0 spiro atoms. The van der Waals surface area contributed by atoms with E-state index >= 15 is 0 Å². The molecule has 0 bridgehead atoms. The lowest BCUT2D eigenvalue weighted by atomic mass is 10.2. The fourth-order valence-electron chi connectivity index (χ4n) is 1.90. The number of carbonyl (C=O) groups is 1. The molecule has 0 radical (unpaired) electrons. The Hall–Kier alpha value is -2.62. The van der Waals surface area contributed by atoms with E-state index in [4.69, 9.17) is 5.73 Å². The highest BCUT2D eigenvalue weighted by molar-refractivity contribution is 6.01. The van der Waals surface area contributed by atoms with Crippen LogP contribution in [0.25, 0.3) is 10.9 Å². The van der Waals surface area contributed by atoms with Gasteiger partial charge in [0.2, 0.25) is 0 Å². The Bertz CT molecular complexity index is 716. The van der Waals surface area contributed by atoms with Crippen LogP contribution in [0.1, 0.15) is 10.4 Å². The molecule has 88 valence electrons. The highest BCUT2D eigenvalue weighted by Gasteiger charge is 2.12. The minimum Gasteiger partial charge on any atom is -0.399 e. The Morgan fingerprint density at radius 3 is 2.67 bits per heavy atom. The normalized spacial score (nSPS) is 10.7. The summed E-state index contributed by atoms with van der Waals surface area (Å²) < 4.78 is 1.38. The molecule has 2 aromatic carbocycles. The summed E-state index contributed by atoms with van der Waals surface area (Å²) in [5.41, 5.74) is 7.68. The molecule has 0 atom stereocenters. The summed E-state index contributed by atoms with van der Waals surface area (Å²) >= 11 is 0. The van der Waals surface area contributed by atoms with Crippen LogP contribution in [0.4, 0.5) is 5.69 Å². The molecule has 0 amide bonds. The van der Waals surface area contributed by atoms with Crippen LogP contribution in [-0.4, -0.2) is 15.7 Å². The minimum atomic E-state index is -0.156. The third-order valence-electron chi connectivity index (χ3n) is 2.81. The number of nitrogens with zero attached hydrogens (tertiary/aromatic N) is 2. The van der Waals surface area contributed by atoms with E-state index in [0.29, 0.717) is 11.3 Å². The van der Waals surface area contributed by atoms with Gasteiger partial charge in [0.05, 0.1) is 11.7 Å². The van der Waals surface area contributed by atoms with Crippen molar-refractivity contribution < 1.29 is 4.79 Å². The van der Waals surface area contributed by atoms with E-state index < -0.39 is 0 Å². The Balaban J connectivity index is 2.15. The fourth-order valence-corrected chi connectivity index (χ4v) is 1.90. The molecule has 4 heteroatoms. The first-order chi connectivity index (χ1) is 8.75. The lowest BCUT2D eigenvalue weighted by molar-refractivity contribution is 0.0950. The lowest BCUT2D eigenvalue weighted by Gasteiger charge is -2.02. The SMILES string of the molecule is Nc1ccc2cnn(C(=O)c3ccccc3)c2c1. The number of fused-ring (bicyclic) bond motifs is 1. The highest BCUT2D eigenvalue weighted by Crippen LogP contribution is 2.18. The molecule has 1 heterocycles. The van der Waals surface area contributed by atoms with Gasteiger partial charge in [-0.15, -0.1) is 0 Å². The number of anilines is 1. The van der Waals surface area contributed by atoms with Gasteiger partial charge in [-0.1, -0.05) is 18.2 Å². The first kappa shape index (κ1) is 10.5. The van der Waals surface area contributed by atoms with Crippen molar-refractivity contribution in [2.75, 3.05) is 5.73 Å². The predicted octanol–water partition coefficient (Wildman–Crippen LogP) is 2.31. The molecule has 2 N–H and O–H groups in total. The molecule has 0 aliphatic carbocycles. The standard InChI is InChI=1S/C14H11N3O/c15-12-7-6-11-9-16-17(13(11)8-12)14(18)10-4-2-1-3-5-10/h1-9H,15H2. The van der Waals surface area contributed by atoms with Gasteiger partial charge in [0.15, 0.2) is 0 Å². The number of carbonyl (C=O) groups excluding carboxylic acids is 1. The molecule has 0 saturated carbocycles. The summed E-state index contributed by atoms with van der Waals surface area (Å²) in [5, 5.41) is 5.02. The Kier molecular flexibility index (Phi) is 2.34. The number of rotatable bonds is 1. The van der Waals surface area contributed by atoms with Crippen LogP contribution in [0, 0.1) is 0 Å². The summed E-state index contributed by atoms with van der Waals surface area (Å²) in [6, 6.07) is 14.5. The maximum atomic E-state index is 12.3. The molecule has 0 unspecified atom stereocenters. The van der Waals surface area contributed by atoms with Crippen molar-refractivity contribution >= 4 is 22.5 Å². The van der Waals surface area contributed by atoms with E-state index in [1.165, 1.54) is 4.68 Å².